The lowest BCUT2D eigenvalue weighted by Gasteiger charge is -2.33. The molecule has 8 N–H and O–H groups in total. The Morgan fingerprint density at radius 3 is 1.74 bits per heavy atom. The minimum absolute atomic E-state index is 0.0278. The van der Waals surface area contributed by atoms with Gasteiger partial charge in [-0.2, -0.15) is 0 Å². The molecular weight excluding hydrogens is 738 g/mol. The van der Waals surface area contributed by atoms with Crippen molar-refractivity contribution in [1.29, 1.82) is 0 Å². The molecule has 0 spiro atoms. The van der Waals surface area contributed by atoms with Crippen LogP contribution in [0.2, 0.25) is 0 Å². The van der Waals surface area contributed by atoms with E-state index in [-0.39, 0.29) is 88.7 Å². The molecular formula is C39H61N9O9. The van der Waals surface area contributed by atoms with Crippen LogP contribution in [0.1, 0.15) is 76.2 Å². The molecule has 0 saturated heterocycles. The number of rotatable bonds is 27. The second kappa shape index (κ2) is 24.3. The van der Waals surface area contributed by atoms with E-state index >= 15 is 0 Å². The average molecular weight is 800 g/mol. The monoisotopic (exact) mass is 799 g/mol. The maximum absolute atomic E-state index is 14.1. The number of carboxylic acids is 1. The number of benzene rings is 1. The van der Waals surface area contributed by atoms with Crippen LogP contribution in [-0.2, 0) is 40.0 Å². The molecule has 3 rings (SSSR count). The van der Waals surface area contributed by atoms with Gasteiger partial charge in [-0.3, -0.25) is 38.6 Å². The highest BCUT2D eigenvalue weighted by molar-refractivity contribution is 5.91. The minimum Gasteiger partial charge on any atom is -0.508 e. The van der Waals surface area contributed by atoms with Gasteiger partial charge >= 0.3 is 5.97 Å². The normalized spacial score (nSPS) is 13.9. The molecule has 0 heterocycles. The highest BCUT2D eigenvalue weighted by Gasteiger charge is 2.33. The largest absolute Gasteiger partial charge is 0.508 e. The van der Waals surface area contributed by atoms with Crippen molar-refractivity contribution in [3.05, 3.63) is 29.8 Å². The third kappa shape index (κ3) is 18.4. The summed E-state index contributed by atoms with van der Waals surface area (Å²) >= 11 is 0. The maximum Gasteiger partial charge on any atom is 0.303 e. The number of phenolic OH excluding ortho intramolecular Hbond substituents is 1. The Hall–Kier alpha value is -5.42. The van der Waals surface area contributed by atoms with Crippen LogP contribution in [0.4, 0.5) is 0 Å². The minimum atomic E-state index is -1.05. The number of hydrogen-bond acceptors (Lipinski definition) is 9. The van der Waals surface area contributed by atoms with Gasteiger partial charge in [0, 0.05) is 45.7 Å². The predicted molar refractivity (Wildman–Crippen MR) is 211 cm³/mol. The molecule has 0 atom stereocenters. The van der Waals surface area contributed by atoms with E-state index in [1.165, 1.54) is 36.6 Å². The number of nitrogens with two attached hydrogens (primary N) is 3. The van der Waals surface area contributed by atoms with Gasteiger partial charge in [-0.25, -0.2) is 0 Å². The summed E-state index contributed by atoms with van der Waals surface area (Å²) in [6.07, 6.45) is 8.44. The van der Waals surface area contributed by atoms with Crippen molar-refractivity contribution in [3.8, 4) is 5.75 Å². The number of hydrogen-bond donors (Lipinski definition) is 5. The molecule has 0 radical (unpaired) electrons. The molecule has 0 aliphatic heterocycles. The highest BCUT2D eigenvalue weighted by atomic mass is 16.4. The van der Waals surface area contributed by atoms with E-state index < -0.39 is 42.0 Å². The Labute approximate surface area is 334 Å². The molecule has 0 aromatic heterocycles. The summed E-state index contributed by atoms with van der Waals surface area (Å²) in [6, 6.07) is 6.53. The lowest BCUT2D eigenvalue weighted by molar-refractivity contribution is -0.147. The number of guanidine groups is 1. The van der Waals surface area contributed by atoms with E-state index in [1.807, 2.05) is 0 Å². The number of aromatic hydroxyl groups is 1. The summed E-state index contributed by atoms with van der Waals surface area (Å²) in [4.78, 5) is 101. The summed E-state index contributed by atoms with van der Waals surface area (Å²) in [5.41, 5.74) is 17.2. The van der Waals surface area contributed by atoms with Gasteiger partial charge in [-0.05, 0) is 80.9 Å². The standard InChI is InChI=1S/C39H61N9O9/c40-33(51)23-45(19-6-9-38(56)57)35(53)26-47(21-30-7-2-1-3-8-30)37(55)27-48(22-31-10-11-31)36(54)25-46(18-5-4-17-43-39(41)42)34(52)24-44(28-49)20-16-29-12-14-32(50)15-13-29/h12-15,28,30-31,50H,1-11,16-27H2,(H2,40,51)(H,56,57)(H4,41,42,43). The Kier molecular flexibility index (Phi) is 19.6. The fourth-order valence-corrected chi connectivity index (χ4v) is 6.79. The predicted octanol–water partition coefficient (Wildman–Crippen LogP) is 0.102. The molecule has 6 amide bonds. The molecule has 2 aliphatic carbocycles. The molecule has 0 bridgehead atoms. The summed E-state index contributed by atoms with van der Waals surface area (Å²) in [5.74, 6) is -3.36. The van der Waals surface area contributed by atoms with Crippen LogP contribution in [0.5, 0.6) is 5.75 Å². The SMILES string of the molecule is NC(=O)CN(CCCC(=O)O)C(=O)CN(CC1CCCCC1)C(=O)CN(CC1CC1)C(=O)CN(CCCCN=C(N)N)C(=O)CN(C=O)CCc1ccc(O)cc1. The van der Waals surface area contributed by atoms with E-state index in [1.54, 1.807) is 12.1 Å². The van der Waals surface area contributed by atoms with E-state index in [0.717, 1.165) is 50.5 Å². The van der Waals surface area contributed by atoms with Gasteiger partial charge in [0.05, 0.1) is 32.7 Å². The number of amides is 6. The smallest absolute Gasteiger partial charge is 0.303 e. The first-order valence-electron chi connectivity index (χ1n) is 19.9. The number of phenols is 1. The molecule has 0 unspecified atom stereocenters. The lowest BCUT2D eigenvalue weighted by Crippen LogP contribution is -2.52. The molecule has 57 heavy (non-hydrogen) atoms. The number of nitrogens with zero attached hydrogens (tertiary/aromatic N) is 6. The molecule has 1 aromatic carbocycles. The second-order valence-electron chi connectivity index (χ2n) is 15.1. The molecule has 316 valence electrons. The number of carbonyl (C=O) groups excluding carboxylic acids is 6. The van der Waals surface area contributed by atoms with Crippen molar-refractivity contribution in [2.75, 3.05) is 72.0 Å². The maximum atomic E-state index is 14.1. The molecule has 2 fully saturated rings. The fraction of sp³-hybridized carbons (Fsp3) is 0.641. The van der Waals surface area contributed by atoms with E-state index in [9.17, 15) is 38.7 Å². The van der Waals surface area contributed by atoms with Gasteiger partial charge in [-0.15, -0.1) is 0 Å². The van der Waals surface area contributed by atoms with Crippen molar-refractivity contribution in [2.24, 2.45) is 34.0 Å². The van der Waals surface area contributed by atoms with Gasteiger partial charge in [0.1, 0.15) is 5.75 Å². The first-order chi connectivity index (χ1) is 27.2. The number of primary amides is 1. The number of aliphatic carboxylic acids is 1. The van der Waals surface area contributed by atoms with Crippen LogP contribution in [0.25, 0.3) is 0 Å². The van der Waals surface area contributed by atoms with Gasteiger partial charge in [0.25, 0.3) is 0 Å². The summed E-state index contributed by atoms with van der Waals surface area (Å²) in [7, 11) is 0. The van der Waals surface area contributed by atoms with Crippen molar-refractivity contribution in [1.82, 2.24) is 24.5 Å². The highest BCUT2D eigenvalue weighted by Crippen LogP contribution is 2.30. The average Bonchev–Trinajstić information content (AvgIpc) is 3.99. The van der Waals surface area contributed by atoms with Gasteiger partial charge in [-0.1, -0.05) is 31.4 Å². The first-order valence-corrected chi connectivity index (χ1v) is 19.9. The molecule has 2 aliphatic rings. The topological polar surface area (TPSA) is 267 Å². The van der Waals surface area contributed by atoms with E-state index in [4.69, 9.17) is 22.3 Å². The molecule has 1 aromatic rings. The van der Waals surface area contributed by atoms with Gasteiger partial charge in [0.2, 0.25) is 35.9 Å². The number of unbranched alkanes of at least 4 members (excludes halogenated alkanes) is 1. The van der Waals surface area contributed by atoms with Crippen molar-refractivity contribution < 1.29 is 43.8 Å². The zero-order valence-corrected chi connectivity index (χ0v) is 33.0. The Morgan fingerprint density at radius 1 is 0.667 bits per heavy atom. The van der Waals surface area contributed by atoms with Crippen molar-refractivity contribution in [2.45, 2.75) is 77.0 Å². The van der Waals surface area contributed by atoms with Crippen molar-refractivity contribution >= 4 is 47.9 Å². The summed E-state index contributed by atoms with van der Waals surface area (Å²) < 4.78 is 0. The van der Waals surface area contributed by atoms with Crippen LogP contribution >= 0.6 is 0 Å². The lowest BCUT2D eigenvalue weighted by atomic mass is 9.89. The summed E-state index contributed by atoms with van der Waals surface area (Å²) in [5, 5.41) is 18.7. The quantitative estimate of drug-likeness (QED) is 0.0345. The number of aliphatic imine (C=N–C) groups is 1. The number of carbonyl (C=O) groups is 7. The van der Waals surface area contributed by atoms with Crippen LogP contribution in [0.15, 0.2) is 29.3 Å². The Bertz CT molecular complexity index is 1530. The molecule has 18 heteroatoms. The zero-order valence-electron chi connectivity index (χ0n) is 33.0. The van der Waals surface area contributed by atoms with Crippen LogP contribution < -0.4 is 17.2 Å². The molecule has 2 saturated carbocycles. The number of carboxylic acid groups (broad SMARTS) is 1. The molecule has 18 nitrogen and oxygen atoms in total. The van der Waals surface area contributed by atoms with E-state index in [0.29, 0.717) is 38.8 Å². The first kappa shape index (κ1) is 46.0. The van der Waals surface area contributed by atoms with E-state index in [2.05, 4.69) is 4.99 Å². The fourth-order valence-electron chi connectivity index (χ4n) is 6.79. The van der Waals surface area contributed by atoms with Crippen LogP contribution in [-0.4, -0.2) is 155 Å². The van der Waals surface area contributed by atoms with Crippen LogP contribution in [0.3, 0.4) is 0 Å². The Balaban J connectivity index is 1.77. The van der Waals surface area contributed by atoms with Crippen molar-refractivity contribution in [3.63, 3.8) is 0 Å². The second-order valence-corrected chi connectivity index (χ2v) is 15.1. The van der Waals surface area contributed by atoms with Crippen LogP contribution in [0, 0.1) is 11.8 Å². The third-order valence-electron chi connectivity index (χ3n) is 10.2. The third-order valence-corrected chi connectivity index (χ3v) is 10.2. The summed E-state index contributed by atoms with van der Waals surface area (Å²) in [6.45, 7) is -0.499. The zero-order chi connectivity index (χ0) is 41.7. The Morgan fingerprint density at radius 2 is 1.19 bits per heavy atom. The van der Waals surface area contributed by atoms with Gasteiger partial charge in [0.15, 0.2) is 5.96 Å². The van der Waals surface area contributed by atoms with Gasteiger partial charge < -0.3 is 51.9 Å².